The van der Waals surface area contributed by atoms with E-state index in [0.717, 1.165) is 37.0 Å². The summed E-state index contributed by atoms with van der Waals surface area (Å²) in [4.78, 5) is 18.2. The Bertz CT molecular complexity index is 617. The summed E-state index contributed by atoms with van der Waals surface area (Å²) in [5, 5.41) is 9.01. The van der Waals surface area contributed by atoms with Crippen molar-refractivity contribution >= 4 is 23.2 Å². The summed E-state index contributed by atoms with van der Waals surface area (Å²) >= 11 is 1.42. The molecular weight excluding hydrogens is 288 g/mol. The summed E-state index contributed by atoms with van der Waals surface area (Å²) in [7, 11) is 0. The van der Waals surface area contributed by atoms with Crippen LogP contribution in [0.2, 0.25) is 0 Å². The Morgan fingerprint density at radius 1 is 1.33 bits per heavy atom. The van der Waals surface area contributed by atoms with Crippen molar-refractivity contribution in [3.63, 3.8) is 0 Å². The zero-order valence-corrected chi connectivity index (χ0v) is 13.2. The van der Waals surface area contributed by atoms with Gasteiger partial charge in [0.05, 0.1) is 0 Å². The number of carbonyl (C=O) groups excluding carboxylic acids is 1. The Balaban J connectivity index is 2.17. The lowest BCUT2D eigenvalue weighted by atomic mass is 9.93. The standard InChI is InChI=1S/C14H18N4O2S/c1-8(19)18-9(2)20-13-12(16-17-14(15-13)21-3)10-6-4-5-7-11(10)18/h9H,4-7H2,1-3H3. The molecule has 21 heavy (non-hydrogen) atoms. The van der Waals surface area contributed by atoms with E-state index in [1.807, 2.05) is 13.2 Å². The molecule has 1 unspecified atom stereocenters. The molecule has 2 aliphatic rings. The number of hydrogen-bond donors (Lipinski definition) is 0. The molecule has 0 saturated carbocycles. The predicted molar refractivity (Wildman–Crippen MR) is 79.6 cm³/mol. The minimum Gasteiger partial charge on any atom is -0.452 e. The van der Waals surface area contributed by atoms with E-state index >= 15 is 0 Å². The number of nitrogens with zero attached hydrogens (tertiary/aromatic N) is 4. The van der Waals surface area contributed by atoms with E-state index in [1.54, 1.807) is 11.8 Å². The lowest BCUT2D eigenvalue weighted by molar-refractivity contribution is -0.133. The van der Waals surface area contributed by atoms with Gasteiger partial charge in [0.2, 0.25) is 16.9 Å². The molecule has 1 aromatic rings. The molecule has 1 aliphatic carbocycles. The molecule has 2 heterocycles. The maximum atomic E-state index is 12.0. The van der Waals surface area contributed by atoms with Gasteiger partial charge in [-0.25, -0.2) is 0 Å². The molecule has 0 N–H and O–H groups in total. The van der Waals surface area contributed by atoms with E-state index in [1.165, 1.54) is 11.8 Å². The van der Waals surface area contributed by atoms with Gasteiger partial charge in [0, 0.05) is 18.2 Å². The Kier molecular flexibility index (Phi) is 3.84. The molecule has 0 saturated heterocycles. The molecule has 1 aliphatic heterocycles. The maximum absolute atomic E-state index is 12.0. The average Bonchev–Trinajstić information content (AvgIpc) is 2.59. The highest BCUT2D eigenvalue weighted by molar-refractivity contribution is 7.98. The van der Waals surface area contributed by atoms with Crippen molar-refractivity contribution in [3.05, 3.63) is 11.4 Å². The van der Waals surface area contributed by atoms with Gasteiger partial charge in [-0.3, -0.25) is 9.69 Å². The fraction of sp³-hybridized carbons (Fsp3) is 0.571. The quantitative estimate of drug-likeness (QED) is 0.742. The third-order valence-electron chi connectivity index (χ3n) is 3.82. The number of amides is 1. The van der Waals surface area contributed by atoms with Crippen molar-refractivity contribution < 1.29 is 9.53 Å². The second-order valence-corrected chi connectivity index (χ2v) is 5.96. The van der Waals surface area contributed by atoms with Crippen molar-refractivity contribution in [1.29, 1.82) is 0 Å². The van der Waals surface area contributed by atoms with Gasteiger partial charge < -0.3 is 4.74 Å². The van der Waals surface area contributed by atoms with E-state index < -0.39 is 0 Å². The summed E-state index contributed by atoms with van der Waals surface area (Å²) in [6.45, 7) is 3.44. The van der Waals surface area contributed by atoms with E-state index in [4.69, 9.17) is 4.74 Å². The van der Waals surface area contributed by atoms with Crippen molar-refractivity contribution in [1.82, 2.24) is 20.1 Å². The SMILES string of the molecule is CSc1nnc2c(n1)OC(C)N(C(C)=O)C1=C2CCCC1. The molecule has 0 spiro atoms. The smallest absolute Gasteiger partial charge is 0.246 e. The zero-order valence-electron chi connectivity index (χ0n) is 12.4. The molecule has 1 atom stereocenters. The number of ether oxygens (including phenoxy) is 1. The first-order chi connectivity index (χ1) is 10.1. The number of aromatic nitrogens is 3. The molecule has 1 aromatic heterocycles. The molecule has 112 valence electrons. The van der Waals surface area contributed by atoms with E-state index in [9.17, 15) is 4.79 Å². The number of fused-ring (bicyclic) bond motifs is 2. The van der Waals surface area contributed by atoms with Gasteiger partial charge in [0.15, 0.2) is 11.9 Å². The first kappa shape index (κ1) is 14.3. The minimum atomic E-state index is -0.377. The number of carbonyl (C=O) groups is 1. The first-order valence-electron chi connectivity index (χ1n) is 7.09. The highest BCUT2D eigenvalue weighted by Gasteiger charge is 2.33. The van der Waals surface area contributed by atoms with Crippen LogP contribution in [0.4, 0.5) is 0 Å². The summed E-state index contributed by atoms with van der Waals surface area (Å²) in [5.74, 6) is 0.475. The van der Waals surface area contributed by atoms with Crippen LogP contribution in [0.3, 0.4) is 0 Å². The Morgan fingerprint density at radius 2 is 2.10 bits per heavy atom. The normalized spacial score (nSPS) is 21.3. The highest BCUT2D eigenvalue weighted by atomic mass is 32.2. The first-order valence-corrected chi connectivity index (χ1v) is 8.32. The van der Waals surface area contributed by atoms with Crippen molar-refractivity contribution in [2.24, 2.45) is 0 Å². The van der Waals surface area contributed by atoms with Crippen molar-refractivity contribution in [2.75, 3.05) is 6.26 Å². The molecule has 1 amide bonds. The van der Waals surface area contributed by atoms with E-state index in [-0.39, 0.29) is 12.1 Å². The fourth-order valence-corrected chi connectivity index (χ4v) is 3.24. The largest absolute Gasteiger partial charge is 0.452 e. The second-order valence-electron chi connectivity index (χ2n) is 5.19. The molecule has 0 fully saturated rings. The topological polar surface area (TPSA) is 68.2 Å². The number of allylic oxidation sites excluding steroid dienone is 2. The predicted octanol–water partition coefficient (Wildman–Crippen LogP) is 2.47. The van der Waals surface area contributed by atoms with Crippen LogP contribution < -0.4 is 4.74 Å². The van der Waals surface area contributed by atoms with Crippen LogP contribution >= 0.6 is 11.8 Å². The molecular formula is C14H18N4O2S. The van der Waals surface area contributed by atoms with Crippen LogP contribution in [0, 0.1) is 0 Å². The van der Waals surface area contributed by atoms with Gasteiger partial charge in [-0.05, 0) is 38.9 Å². The van der Waals surface area contributed by atoms with Gasteiger partial charge in [-0.15, -0.1) is 10.2 Å². The van der Waals surface area contributed by atoms with E-state index in [0.29, 0.717) is 16.7 Å². The van der Waals surface area contributed by atoms with E-state index in [2.05, 4.69) is 15.2 Å². The molecule has 7 heteroatoms. The van der Waals surface area contributed by atoms with Gasteiger partial charge in [0.1, 0.15) is 0 Å². The Morgan fingerprint density at radius 3 is 2.81 bits per heavy atom. The number of thioether (sulfide) groups is 1. The van der Waals surface area contributed by atoms with Crippen molar-refractivity contribution in [3.8, 4) is 5.88 Å². The Labute approximate surface area is 128 Å². The fourth-order valence-electron chi connectivity index (χ4n) is 2.95. The van der Waals surface area contributed by atoms with Gasteiger partial charge in [0.25, 0.3) is 0 Å². The zero-order chi connectivity index (χ0) is 15.0. The molecule has 0 aromatic carbocycles. The lowest BCUT2D eigenvalue weighted by Crippen LogP contribution is -2.39. The number of hydrogen-bond acceptors (Lipinski definition) is 6. The highest BCUT2D eigenvalue weighted by Crippen LogP contribution is 2.40. The van der Waals surface area contributed by atoms with Crippen molar-refractivity contribution in [2.45, 2.75) is 50.9 Å². The van der Waals surface area contributed by atoms with Crippen LogP contribution in [0.5, 0.6) is 5.88 Å². The summed E-state index contributed by atoms with van der Waals surface area (Å²) < 4.78 is 5.90. The average molecular weight is 306 g/mol. The third-order valence-corrected chi connectivity index (χ3v) is 4.36. The summed E-state index contributed by atoms with van der Waals surface area (Å²) in [6.07, 6.45) is 5.44. The van der Waals surface area contributed by atoms with Crippen LogP contribution in [0.25, 0.3) is 5.57 Å². The molecule has 3 rings (SSSR count). The van der Waals surface area contributed by atoms with Crippen LogP contribution in [0.15, 0.2) is 10.9 Å². The monoisotopic (exact) mass is 306 g/mol. The summed E-state index contributed by atoms with van der Waals surface area (Å²) in [6, 6.07) is 0. The third kappa shape index (κ3) is 2.50. The minimum absolute atomic E-state index is 0.0113. The maximum Gasteiger partial charge on any atom is 0.246 e. The lowest BCUT2D eigenvalue weighted by Gasteiger charge is -2.30. The Hall–Kier alpha value is -1.63. The number of rotatable bonds is 1. The second kappa shape index (κ2) is 5.63. The van der Waals surface area contributed by atoms with Crippen LogP contribution in [-0.4, -0.2) is 38.5 Å². The van der Waals surface area contributed by atoms with Crippen LogP contribution in [-0.2, 0) is 4.79 Å². The van der Waals surface area contributed by atoms with Gasteiger partial charge in [-0.2, -0.15) is 4.98 Å². The van der Waals surface area contributed by atoms with Gasteiger partial charge in [-0.1, -0.05) is 11.8 Å². The molecule has 6 nitrogen and oxygen atoms in total. The molecule has 0 radical (unpaired) electrons. The molecule has 0 bridgehead atoms. The van der Waals surface area contributed by atoms with Gasteiger partial charge >= 0.3 is 0 Å². The van der Waals surface area contributed by atoms with Crippen LogP contribution in [0.1, 0.15) is 45.2 Å². The summed E-state index contributed by atoms with van der Waals surface area (Å²) in [5.41, 5.74) is 2.77.